The predicted molar refractivity (Wildman–Crippen MR) is 77.1 cm³/mol. The molecule has 3 N–H and O–H groups in total. The Hall–Kier alpha value is -1.33. The number of nitrogens with zero attached hydrogens (tertiary/aromatic N) is 1. The summed E-state index contributed by atoms with van der Waals surface area (Å²) in [5.41, 5.74) is 6.77. The van der Waals surface area contributed by atoms with Gasteiger partial charge >= 0.3 is 0 Å². The Bertz CT molecular complexity index is 419. The van der Waals surface area contributed by atoms with Gasteiger partial charge in [-0.3, -0.25) is 4.90 Å². The highest BCUT2D eigenvalue weighted by Crippen LogP contribution is 2.31. The molecule has 1 aromatic rings. The van der Waals surface area contributed by atoms with E-state index in [-0.39, 0.29) is 11.8 Å². The summed E-state index contributed by atoms with van der Waals surface area (Å²) < 4.78 is 5.11. The van der Waals surface area contributed by atoms with E-state index in [0.717, 1.165) is 18.7 Å². The Kier molecular flexibility index (Phi) is 5.37. The summed E-state index contributed by atoms with van der Waals surface area (Å²) in [5, 5.41) is 9.61. The third-order valence-corrected chi connectivity index (χ3v) is 3.19. The fourth-order valence-electron chi connectivity index (χ4n) is 2.01. The number of hydrogen-bond acceptors (Lipinski definition) is 4. The maximum atomic E-state index is 9.61. The first-order valence-electron chi connectivity index (χ1n) is 5.95. The number of phenols is 1. The molecule has 1 rings (SSSR count). The van der Waals surface area contributed by atoms with Crippen LogP contribution in [-0.2, 0) is 0 Å². The van der Waals surface area contributed by atoms with Gasteiger partial charge in [0.05, 0.1) is 18.1 Å². The molecular formula is C13H20N2O2S. The Morgan fingerprint density at radius 3 is 2.50 bits per heavy atom. The minimum atomic E-state index is -0.135. The number of likely N-dealkylation sites (N-methyl/N-ethyl adjacent to an activating group) is 1. The van der Waals surface area contributed by atoms with Crippen LogP contribution >= 0.6 is 12.2 Å². The van der Waals surface area contributed by atoms with Gasteiger partial charge < -0.3 is 15.6 Å². The second-order valence-corrected chi connectivity index (χ2v) is 4.43. The van der Waals surface area contributed by atoms with Crippen molar-refractivity contribution in [3.63, 3.8) is 0 Å². The molecule has 4 nitrogen and oxygen atoms in total. The number of methoxy groups -OCH3 is 1. The van der Waals surface area contributed by atoms with E-state index >= 15 is 0 Å². The highest BCUT2D eigenvalue weighted by atomic mass is 32.1. The molecular weight excluding hydrogens is 248 g/mol. The van der Waals surface area contributed by atoms with Crippen LogP contribution < -0.4 is 10.5 Å². The Morgan fingerprint density at radius 1 is 1.44 bits per heavy atom. The van der Waals surface area contributed by atoms with E-state index in [1.54, 1.807) is 12.1 Å². The SMILES string of the molecule is CCN(CC)C(C(N)=S)c1ccc(O)c(OC)c1. The standard InChI is InChI=1S/C13H20N2O2S/c1-4-15(5-2)12(13(14)18)9-6-7-10(16)11(8-9)17-3/h6-8,12,16H,4-5H2,1-3H3,(H2,14,18). The molecule has 0 fully saturated rings. The number of phenolic OH excluding ortho intramolecular Hbond substituents is 1. The third-order valence-electron chi connectivity index (χ3n) is 2.97. The number of thiocarbonyl (C=S) groups is 1. The van der Waals surface area contributed by atoms with Gasteiger partial charge in [0.1, 0.15) is 0 Å². The summed E-state index contributed by atoms with van der Waals surface area (Å²) in [6, 6.07) is 5.06. The van der Waals surface area contributed by atoms with Gasteiger partial charge in [0.25, 0.3) is 0 Å². The Balaban J connectivity index is 3.17. The molecule has 100 valence electrons. The molecule has 0 spiro atoms. The van der Waals surface area contributed by atoms with Crippen molar-refractivity contribution in [2.24, 2.45) is 5.73 Å². The molecule has 0 saturated heterocycles. The molecule has 0 amide bonds. The lowest BCUT2D eigenvalue weighted by Gasteiger charge is -2.29. The second kappa shape index (κ2) is 6.56. The summed E-state index contributed by atoms with van der Waals surface area (Å²) in [4.78, 5) is 2.58. The van der Waals surface area contributed by atoms with E-state index in [0.29, 0.717) is 10.7 Å². The molecule has 0 radical (unpaired) electrons. The predicted octanol–water partition coefficient (Wildman–Crippen LogP) is 2.07. The summed E-state index contributed by atoms with van der Waals surface area (Å²) in [6.45, 7) is 5.82. The number of nitrogens with two attached hydrogens (primary N) is 1. The second-order valence-electron chi connectivity index (χ2n) is 3.96. The first-order chi connectivity index (χ1) is 8.54. The lowest BCUT2D eigenvalue weighted by atomic mass is 10.0. The van der Waals surface area contributed by atoms with Crippen LogP contribution in [0.2, 0.25) is 0 Å². The van der Waals surface area contributed by atoms with Crippen LogP contribution in [0, 0.1) is 0 Å². The van der Waals surface area contributed by atoms with Crippen LogP contribution in [0.5, 0.6) is 11.5 Å². The molecule has 0 aliphatic rings. The van der Waals surface area contributed by atoms with Crippen molar-refractivity contribution >= 4 is 17.2 Å². The number of benzene rings is 1. The lowest BCUT2D eigenvalue weighted by molar-refractivity contribution is 0.271. The highest BCUT2D eigenvalue weighted by molar-refractivity contribution is 7.80. The zero-order valence-electron chi connectivity index (χ0n) is 11.0. The van der Waals surface area contributed by atoms with Crippen molar-refractivity contribution in [1.29, 1.82) is 0 Å². The van der Waals surface area contributed by atoms with Gasteiger partial charge in [-0.05, 0) is 30.8 Å². The maximum absolute atomic E-state index is 9.61. The largest absolute Gasteiger partial charge is 0.504 e. The van der Waals surface area contributed by atoms with Crippen LogP contribution in [0.15, 0.2) is 18.2 Å². The number of ether oxygens (including phenoxy) is 1. The third kappa shape index (κ3) is 3.11. The van der Waals surface area contributed by atoms with Crippen LogP contribution in [0.1, 0.15) is 25.5 Å². The van der Waals surface area contributed by atoms with Crippen LogP contribution in [0.25, 0.3) is 0 Å². The van der Waals surface area contributed by atoms with Crippen molar-refractivity contribution in [2.45, 2.75) is 19.9 Å². The topological polar surface area (TPSA) is 58.7 Å². The Labute approximate surface area is 113 Å². The first kappa shape index (κ1) is 14.7. The zero-order valence-corrected chi connectivity index (χ0v) is 11.8. The first-order valence-corrected chi connectivity index (χ1v) is 6.36. The lowest BCUT2D eigenvalue weighted by Crippen LogP contribution is -2.36. The van der Waals surface area contributed by atoms with Crippen molar-refractivity contribution in [3.8, 4) is 11.5 Å². The average molecular weight is 268 g/mol. The molecule has 0 bridgehead atoms. The fourth-order valence-corrected chi connectivity index (χ4v) is 2.29. The molecule has 1 atom stereocenters. The summed E-state index contributed by atoms with van der Waals surface area (Å²) in [7, 11) is 1.52. The van der Waals surface area contributed by atoms with E-state index in [2.05, 4.69) is 18.7 Å². The van der Waals surface area contributed by atoms with Crippen molar-refractivity contribution in [2.75, 3.05) is 20.2 Å². The molecule has 18 heavy (non-hydrogen) atoms. The molecule has 0 aromatic heterocycles. The molecule has 0 saturated carbocycles. The highest BCUT2D eigenvalue weighted by Gasteiger charge is 2.21. The quantitative estimate of drug-likeness (QED) is 0.774. The minimum absolute atomic E-state index is 0.113. The molecule has 0 aliphatic heterocycles. The van der Waals surface area contributed by atoms with Gasteiger partial charge in [-0.1, -0.05) is 32.1 Å². The molecule has 1 aromatic carbocycles. The molecule has 0 heterocycles. The monoisotopic (exact) mass is 268 g/mol. The summed E-state index contributed by atoms with van der Waals surface area (Å²) in [5.74, 6) is 0.545. The number of hydrogen-bond donors (Lipinski definition) is 2. The number of aromatic hydroxyl groups is 1. The van der Waals surface area contributed by atoms with Crippen molar-refractivity contribution in [3.05, 3.63) is 23.8 Å². The van der Waals surface area contributed by atoms with Gasteiger partial charge in [0, 0.05) is 0 Å². The Morgan fingerprint density at radius 2 is 2.06 bits per heavy atom. The smallest absolute Gasteiger partial charge is 0.160 e. The minimum Gasteiger partial charge on any atom is -0.504 e. The fraction of sp³-hybridized carbons (Fsp3) is 0.462. The normalized spacial score (nSPS) is 12.4. The number of rotatable bonds is 6. The van der Waals surface area contributed by atoms with E-state index in [1.165, 1.54) is 7.11 Å². The molecule has 5 heteroatoms. The van der Waals surface area contributed by atoms with Gasteiger partial charge in [-0.2, -0.15) is 0 Å². The van der Waals surface area contributed by atoms with Gasteiger partial charge in [-0.25, -0.2) is 0 Å². The molecule has 1 unspecified atom stereocenters. The van der Waals surface area contributed by atoms with Gasteiger partial charge in [0.2, 0.25) is 0 Å². The van der Waals surface area contributed by atoms with E-state index in [9.17, 15) is 5.11 Å². The summed E-state index contributed by atoms with van der Waals surface area (Å²) in [6.07, 6.45) is 0. The van der Waals surface area contributed by atoms with Crippen molar-refractivity contribution < 1.29 is 9.84 Å². The van der Waals surface area contributed by atoms with Crippen LogP contribution in [-0.4, -0.2) is 35.2 Å². The van der Waals surface area contributed by atoms with E-state index in [4.69, 9.17) is 22.7 Å². The van der Waals surface area contributed by atoms with Crippen molar-refractivity contribution in [1.82, 2.24) is 4.90 Å². The summed E-state index contributed by atoms with van der Waals surface area (Å²) >= 11 is 5.15. The van der Waals surface area contributed by atoms with Gasteiger partial charge in [-0.15, -0.1) is 0 Å². The zero-order chi connectivity index (χ0) is 13.7. The maximum Gasteiger partial charge on any atom is 0.160 e. The van der Waals surface area contributed by atoms with E-state index < -0.39 is 0 Å². The van der Waals surface area contributed by atoms with Crippen LogP contribution in [0.4, 0.5) is 0 Å². The van der Waals surface area contributed by atoms with Gasteiger partial charge in [0.15, 0.2) is 11.5 Å². The van der Waals surface area contributed by atoms with Crippen LogP contribution in [0.3, 0.4) is 0 Å². The molecule has 0 aliphatic carbocycles. The van der Waals surface area contributed by atoms with E-state index in [1.807, 2.05) is 6.07 Å². The average Bonchev–Trinajstić information content (AvgIpc) is 2.36.